The van der Waals surface area contributed by atoms with Gasteiger partial charge in [0.05, 0.1) is 32.0 Å². The van der Waals surface area contributed by atoms with Gasteiger partial charge < -0.3 is 9.47 Å². The smallest absolute Gasteiger partial charge is 0.218 e. The Kier molecular flexibility index (Phi) is 5.82. The number of methoxy groups -OCH3 is 2. The first kappa shape index (κ1) is 19.4. The minimum atomic E-state index is -0.189. The van der Waals surface area contributed by atoms with Gasteiger partial charge in [-0.25, -0.2) is 4.68 Å². The molecule has 0 aliphatic heterocycles. The molecule has 0 N–H and O–H groups in total. The molecule has 3 atom stereocenters. The van der Waals surface area contributed by atoms with Crippen molar-refractivity contribution in [1.82, 2.24) is 15.0 Å². The number of hydrogen-bond acceptors (Lipinski definition) is 5. The van der Waals surface area contributed by atoms with Crippen molar-refractivity contribution in [2.24, 2.45) is 17.8 Å². The quantitative estimate of drug-likeness (QED) is 0.713. The van der Waals surface area contributed by atoms with Crippen molar-refractivity contribution in [3.8, 4) is 11.5 Å². The van der Waals surface area contributed by atoms with Crippen LogP contribution in [0.1, 0.15) is 62.1 Å². The minimum Gasteiger partial charge on any atom is -0.497 e. The van der Waals surface area contributed by atoms with Gasteiger partial charge in [-0.05, 0) is 42.7 Å². The number of rotatable bonds is 6. The van der Waals surface area contributed by atoms with E-state index in [1.165, 1.54) is 12.8 Å². The molecule has 1 aromatic carbocycles. The molecule has 1 aliphatic rings. The van der Waals surface area contributed by atoms with Gasteiger partial charge in [-0.3, -0.25) is 4.79 Å². The summed E-state index contributed by atoms with van der Waals surface area (Å²) in [6.45, 7) is 6.81. The Morgan fingerprint density at radius 1 is 1.22 bits per heavy atom. The Labute approximate surface area is 160 Å². The zero-order valence-electron chi connectivity index (χ0n) is 16.8. The van der Waals surface area contributed by atoms with Crippen molar-refractivity contribution in [1.29, 1.82) is 0 Å². The van der Waals surface area contributed by atoms with E-state index < -0.39 is 0 Å². The van der Waals surface area contributed by atoms with Crippen molar-refractivity contribution in [2.75, 3.05) is 14.2 Å². The van der Waals surface area contributed by atoms with E-state index in [0.717, 1.165) is 6.42 Å². The second-order valence-electron chi connectivity index (χ2n) is 7.87. The number of carbonyl (C=O) groups is 1. The van der Waals surface area contributed by atoms with Gasteiger partial charge in [-0.2, -0.15) is 0 Å². The van der Waals surface area contributed by atoms with Gasteiger partial charge >= 0.3 is 0 Å². The van der Waals surface area contributed by atoms with E-state index >= 15 is 0 Å². The number of carbonyl (C=O) groups excluding carboxylic acids is 1. The molecule has 1 aromatic heterocycles. The monoisotopic (exact) mass is 371 g/mol. The summed E-state index contributed by atoms with van der Waals surface area (Å²) in [5, 5.41) is 8.50. The van der Waals surface area contributed by atoms with Crippen molar-refractivity contribution in [3.63, 3.8) is 0 Å². The lowest BCUT2D eigenvalue weighted by atomic mass is 9.74. The number of benzene rings is 1. The molecular formula is C21H29N3O3. The molecular weight excluding hydrogens is 342 g/mol. The van der Waals surface area contributed by atoms with Crippen molar-refractivity contribution in [3.05, 3.63) is 35.7 Å². The molecule has 6 heteroatoms. The first-order chi connectivity index (χ1) is 12.9. The van der Waals surface area contributed by atoms with Gasteiger partial charge in [-0.1, -0.05) is 32.4 Å². The summed E-state index contributed by atoms with van der Waals surface area (Å²) in [5.41, 5.74) is 0.807. The highest BCUT2D eigenvalue weighted by Gasteiger charge is 2.33. The predicted molar refractivity (Wildman–Crippen MR) is 103 cm³/mol. The van der Waals surface area contributed by atoms with E-state index in [4.69, 9.17) is 9.47 Å². The molecule has 0 amide bonds. The van der Waals surface area contributed by atoms with Crippen LogP contribution in [0.25, 0.3) is 0 Å². The fourth-order valence-electron chi connectivity index (χ4n) is 4.12. The molecule has 0 bridgehead atoms. The summed E-state index contributed by atoms with van der Waals surface area (Å²) in [5.74, 6) is 2.72. The van der Waals surface area contributed by atoms with Crippen LogP contribution in [0.5, 0.6) is 11.5 Å². The Morgan fingerprint density at radius 3 is 2.67 bits per heavy atom. The normalized spacial score (nSPS) is 22.7. The Hall–Kier alpha value is -2.37. The van der Waals surface area contributed by atoms with Gasteiger partial charge in [0.25, 0.3) is 0 Å². The largest absolute Gasteiger partial charge is 0.497 e. The average molecular weight is 371 g/mol. The molecule has 1 fully saturated rings. The van der Waals surface area contributed by atoms with Gasteiger partial charge in [0.2, 0.25) is 5.78 Å². The lowest BCUT2D eigenvalue weighted by molar-refractivity contribution is 0.103. The summed E-state index contributed by atoms with van der Waals surface area (Å²) >= 11 is 0. The van der Waals surface area contributed by atoms with Crippen molar-refractivity contribution < 1.29 is 14.3 Å². The van der Waals surface area contributed by atoms with Gasteiger partial charge in [0.15, 0.2) is 5.69 Å². The number of hydrogen-bond donors (Lipinski definition) is 0. The fraction of sp³-hybridized carbons (Fsp3) is 0.571. The fourth-order valence-corrected chi connectivity index (χ4v) is 4.12. The third-order valence-electron chi connectivity index (χ3n) is 5.72. The molecule has 2 aromatic rings. The van der Waals surface area contributed by atoms with Crippen molar-refractivity contribution in [2.45, 2.75) is 46.1 Å². The zero-order chi connectivity index (χ0) is 19.6. The predicted octanol–water partition coefficient (Wildman–Crippen LogP) is 4.16. The van der Waals surface area contributed by atoms with Crippen LogP contribution in [0, 0.1) is 17.8 Å². The highest BCUT2D eigenvalue weighted by molar-refractivity contribution is 6.09. The topological polar surface area (TPSA) is 66.2 Å². The third kappa shape index (κ3) is 3.99. The number of nitrogens with zero attached hydrogens (tertiary/aromatic N) is 3. The van der Waals surface area contributed by atoms with Gasteiger partial charge in [0.1, 0.15) is 11.5 Å². The maximum Gasteiger partial charge on any atom is 0.218 e. The molecule has 146 valence electrons. The lowest BCUT2D eigenvalue weighted by Crippen LogP contribution is -2.30. The minimum absolute atomic E-state index is 0.189. The van der Waals surface area contributed by atoms with Crippen LogP contribution in [0.2, 0.25) is 0 Å². The molecule has 27 heavy (non-hydrogen) atoms. The molecule has 0 radical (unpaired) electrons. The van der Waals surface area contributed by atoms with Crippen LogP contribution >= 0.6 is 0 Å². The molecule has 0 unspecified atom stereocenters. The van der Waals surface area contributed by atoms with E-state index in [1.54, 1.807) is 38.6 Å². The molecule has 0 saturated heterocycles. The summed E-state index contributed by atoms with van der Waals surface area (Å²) in [6.07, 6.45) is 5.32. The Bertz CT molecular complexity index is 800. The maximum atomic E-state index is 13.0. The summed E-state index contributed by atoms with van der Waals surface area (Å²) in [4.78, 5) is 13.0. The summed E-state index contributed by atoms with van der Waals surface area (Å²) in [7, 11) is 3.12. The van der Waals surface area contributed by atoms with Crippen LogP contribution in [-0.4, -0.2) is 35.0 Å². The number of ketones is 1. The van der Waals surface area contributed by atoms with Crippen LogP contribution < -0.4 is 9.47 Å². The van der Waals surface area contributed by atoms with Crippen LogP contribution in [0.3, 0.4) is 0 Å². The summed E-state index contributed by atoms with van der Waals surface area (Å²) < 4.78 is 12.5. The van der Waals surface area contributed by atoms with Crippen LogP contribution in [0.15, 0.2) is 24.4 Å². The molecule has 0 spiro atoms. The highest BCUT2D eigenvalue weighted by atomic mass is 16.5. The standard InChI is InChI=1S/C21H29N3O3/c1-13(2)16-8-6-14(3)10-19(16)24-12-18(22-23-24)21(25)17-9-7-15(26-4)11-20(17)27-5/h7,9,11-14,16,19H,6,8,10H2,1-5H3/t14-,16+,19-/m1/s1. The SMILES string of the molecule is COc1ccc(C(=O)c2cn([C@@H]3C[C@H](C)CC[C@H]3C(C)C)nn2)c(OC)c1. The number of ether oxygens (including phenoxy) is 2. The highest BCUT2D eigenvalue weighted by Crippen LogP contribution is 2.40. The molecule has 1 aliphatic carbocycles. The number of aromatic nitrogens is 3. The summed E-state index contributed by atoms with van der Waals surface area (Å²) in [6, 6.07) is 5.45. The van der Waals surface area contributed by atoms with E-state index in [0.29, 0.717) is 46.6 Å². The van der Waals surface area contributed by atoms with Gasteiger partial charge in [-0.15, -0.1) is 5.10 Å². The second kappa shape index (κ2) is 8.11. The van der Waals surface area contributed by atoms with E-state index in [-0.39, 0.29) is 5.78 Å². The lowest BCUT2D eigenvalue weighted by Gasteiger charge is -2.37. The van der Waals surface area contributed by atoms with Crippen molar-refractivity contribution >= 4 is 5.78 Å². The van der Waals surface area contributed by atoms with Crippen LogP contribution in [-0.2, 0) is 0 Å². The van der Waals surface area contributed by atoms with E-state index in [9.17, 15) is 4.79 Å². The second-order valence-corrected chi connectivity index (χ2v) is 7.87. The zero-order valence-corrected chi connectivity index (χ0v) is 16.8. The first-order valence-electron chi connectivity index (χ1n) is 9.63. The van der Waals surface area contributed by atoms with E-state index in [1.807, 2.05) is 4.68 Å². The molecule has 1 heterocycles. The van der Waals surface area contributed by atoms with Crippen LogP contribution in [0.4, 0.5) is 0 Å². The first-order valence-corrected chi connectivity index (χ1v) is 9.63. The Balaban J connectivity index is 1.88. The molecule has 3 rings (SSSR count). The maximum absolute atomic E-state index is 13.0. The average Bonchev–Trinajstić information content (AvgIpc) is 3.16. The molecule has 6 nitrogen and oxygen atoms in total. The Morgan fingerprint density at radius 2 is 2.00 bits per heavy atom. The van der Waals surface area contributed by atoms with E-state index in [2.05, 4.69) is 31.1 Å². The third-order valence-corrected chi connectivity index (χ3v) is 5.72. The molecule has 1 saturated carbocycles. The van der Waals surface area contributed by atoms with Gasteiger partial charge in [0, 0.05) is 6.07 Å².